The summed E-state index contributed by atoms with van der Waals surface area (Å²) in [4.78, 5) is 2.59. The van der Waals surface area contributed by atoms with Gasteiger partial charge in [0.2, 0.25) is 0 Å². The van der Waals surface area contributed by atoms with Crippen molar-refractivity contribution < 1.29 is 0 Å². The van der Waals surface area contributed by atoms with E-state index in [2.05, 4.69) is 65.6 Å². The topological polar surface area (TPSA) is 29.3 Å². The van der Waals surface area contributed by atoms with Crippen molar-refractivity contribution in [3.8, 4) is 0 Å². The van der Waals surface area contributed by atoms with Gasteiger partial charge >= 0.3 is 0 Å². The zero-order valence-corrected chi connectivity index (χ0v) is 14.9. The second-order valence-electron chi connectivity index (χ2n) is 7.39. The van der Waals surface area contributed by atoms with Crippen molar-refractivity contribution in [1.29, 1.82) is 0 Å². The van der Waals surface area contributed by atoms with Crippen LogP contribution in [0.15, 0.2) is 48.5 Å². The summed E-state index contributed by atoms with van der Waals surface area (Å²) in [6, 6.07) is 17.9. The van der Waals surface area contributed by atoms with Crippen LogP contribution in [0.5, 0.6) is 0 Å². The van der Waals surface area contributed by atoms with Crippen molar-refractivity contribution in [3.05, 3.63) is 70.8 Å². The molecule has 0 radical (unpaired) electrons. The summed E-state index contributed by atoms with van der Waals surface area (Å²) in [6.07, 6.45) is 8.26. The Labute approximate surface area is 151 Å². The first-order valence-corrected chi connectivity index (χ1v) is 9.65. The van der Waals surface area contributed by atoms with E-state index >= 15 is 0 Å². The lowest BCUT2D eigenvalue weighted by molar-refractivity contribution is 0.174. The first-order chi connectivity index (χ1) is 12.4. The van der Waals surface area contributed by atoms with Gasteiger partial charge in [-0.25, -0.2) is 0 Å². The fraction of sp³-hybridized carbons (Fsp3) is 0.391. The van der Waals surface area contributed by atoms with Gasteiger partial charge in [-0.2, -0.15) is 0 Å². The Morgan fingerprint density at radius 3 is 1.96 bits per heavy atom. The van der Waals surface area contributed by atoms with Crippen LogP contribution in [0.25, 0.3) is 12.2 Å². The molecule has 1 aliphatic heterocycles. The maximum absolute atomic E-state index is 5.68. The van der Waals surface area contributed by atoms with Crippen LogP contribution in [0, 0.1) is 5.92 Å². The Bertz CT molecular complexity index is 692. The van der Waals surface area contributed by atoms with Gasteiger partial charge in [0.25, 0.3) is 0 Å². The minimum absolute atomic E-state index is 0.513. The molecule has 130 valence electrons. The van der Waals surface area contributed by atoms with Crippen LogP contribution < -0.4 is 5.73 Å². The van der Waals surface area contributed by atoms with E-state index in [1.807, 2.05) is 0 Å². The van der Waals surface area contributed by atoms with Gasteiger partial charge in [-0.15, -0.1) is 0 Å². The number of hydrogen-bond donors (Lipinski definition) is 1. The quantitative estimate of drug-likeness (QED) is 0.901. The maximum Gasteiger partial charge on any atom is 0.0130 e. The molecular weight excluding hydrogens is 304 g/mol. The van der Waals surface area contributed by atoms with Gasteiger partial charge in [-0.05, 0) is 73.6 Å². The van der Waals surface area contributed by atoms with Crippen LogP contribution in [0.1, 0.15) is 47.4 Å². The number of piperidine rings is 1. The highest BCUT2D eigenvalue weighted by atomic mass is 15.1. The predicted octanol–water partition coefficient (Wildman–Crippen LogP) is 4.36. The Morgan fingerprint density at radius 1 is 0.840 bits per heavy atom. The zero-order valence-electron chi connectivity index (χ0n) is 14.9. The number of hydrogen-bond acceptors (Lipinski definition) is 2. The molecular formula is C23H28N2. The van der Waals surface area contributed by atoms with Gasteiger partial charge in [0.1, 0.15) is 0 Å². The van der Waals surface area contributed by atoms with Gasteiger partial charge in [0, 0.05) is 5.92 Å². The van der Waals surface area contributed by atoms with Gasteiger partial charge in [-0.3, -0.25) is 0 Å². The minimum atomic E-state index is 0.513. The highest BCUT2D eigenvalue weighted by Gasteiger charge is 2.31. The van der Waals surface area contributed by atoms with E-state index in [1.165, 1.54) is 48.2 Å². The number of nitrogens with two attached hydrogens (primary N) is 1. The summed E-state index contributed by atoms with van der Waals surface area (Å²) in [5.41, 5.74) is 11.5. The van der Waals surface area contributed by atoms with Crippen LogP contribution in [-0.2, 0) is 0 Å². The van der Waals surface area contributed by atoms with E-state index in [-0.39, 0.29) is 0 Å². The average molecular weight is 332 g/mol. The number of fused-ring (bicyclic) bond motifs is 2. The maximum atomic E-state index is 5.68. The first-order valence-electron chi connectivity index (χ1n) is 9.65. The Kier molecular flexibility index (Phi) is 5.00. The highest BCUT2D eigenvalue weighted by molar-refractivity contribution is 5.76. The molecule has 1 aliphatic carbocycles. The molecule has 2 heteroatoms. The Morgan fingerprint density at radius 2 is 1.40 bits per heavy atom. The van der Waals surface area contributed by atoms with E-state index in [0.29, 0.717) is 5.92 Å². The zero-order chi connectivity index (χ0) is 17.1. The third-order valence-electron chi connectivity index (χ3n) is 5.89. The molecule has 1 fully saturated rings. The fourth-order valence-corrected chi connectivity index (χ4v) is 4.57. The summed E-state index contributed by atoms with van der Waals surface area (Å²) >= 11 is 0. The fourth-order valence-electron chi connectivity index (χ4n) is 4.57. The number of likely N-dealkylation sites (tertiary alicyclic amines) is 1. The summed E-state index contributed by atoms with van der Waals surface area (Å²) in [6.45, 7) is 4.37. The molecule has 2 aliphatic rings. The average Bonchev–Trinajstić information content (AvgIpc) is 2.84. The molecule has 0 unspecified atom stereocenters. The monoisotopic (exact) mass is 332 g/mol. The lowest BCUT2D eigenvalue weighted by atomic mass is 9.74. The second-order valence-corrected chi connectivity index (χ2v) is 7.39. The van der Waals surface area contributed by atoms with Crippen LogP contribution in [0.3, 0.4) is 0 Å². The van der Waals surface area contributed by atoms with E-state index < -0.39 is 0 Å². The van der Waals surface area contributed by atoms with Crippen molar-refractivity contribution in [2.45, 2.75) is 25.2 Å². The Balaban J connectivity index is 1.64. The van der Waals surface area contributed by atoms with E-state index in [4.69, 9.17) is 5.73 Å². The molecule has 0 atom stereocenters. The molecule has 2 N–H and O–H groups in total. The second kappa shape index (κ2) is 7.55. The summed E-state index contributed by atoms with van der Waals surface area (Å²) in [5.74, 6) is 1.23. The molecule has 0 saturated carbocycles. The van der Waals surface area contributed by atoms with Gasteiger partial charge < -0.3 is 10.6 Å². The SMILES string of the molecule is NCCCN1CCC(C2c3ccccc3C=Cc3ccccc32)CC1. The highest BCUT2D eigenvalue weighted by Crippen LogP contribution is 2.42. The molecule has 0 aromatic heterocycles. The summed E-state index contributed by atoms with van der Waals surface area (Å²) in [7, 11) is 0. The number of rotatable bonds is 4. The van der Waals surface area contributed by atoms with E-state index in [9.17, 15) is 0 Å². The predicted molar refractivity (Wildman–Crippen MR) is 106 cm³/mol. The Hall–Kier alpha value is -1.90. The van der Waals surface area contributed by atoms with Crippen LogP contribution in [-0.4, -0.2) is 31.1 Å². The molecule has 0 bridgehead atoms. The number of nitrogens with zero attached hydrogens (tertiary/aromatic N) is 1. The summed E-state index contributed by atoms with van der Waals surface area (Å²) < 4.78 is 0. The molecule has 2 aromatic carbocycles. The van der Waals surface area contributed by atoms with Crippen molar-refractivity contribution in [2.24, 2.45) is 11.7 Å². The molecule has 0 amide bonds. The molecule has 4 rings (SSSR count). The van der Waals surface area contributed by atoms with Crippen molar-refractivity contribution >= 4 is 12.2 Å². The third kappa shape index (κ3) is 3.42. The van der Waals surface area contributed by atoms with Gasteiger partial charge in [0.05, 0.1) is 0 Å². The molecule has 0 spiro atoms. The van der Waals surface area contributed by atoms with E-state index in [1.54, 1.807) is 0 Å². The number of benzene rings is 2. The lowest BCUT2D eigenvalue weighted by Crippen LogP contribution is -2.37. The molecule has 25 heavy (non-hydrogen) atoms. The van der Waals surface area contributed by atoms with Crippen LogP contribution in [0.4, 0.5) is 0 Å². The first kappa shape index (κ1) is 16.6. The largest absolute Gasteiger partial charge is 0.330 e. The molecule has 2 nitrogen and oxygen atoms in total. The van der Waals surface area contributed by atoms with Gasteiger partial charge in [-0.1, -0.05) is 60.7 Å². The van der Waals surface area contributed by atoms with Crippen molar-refractivity contribution in [2.75, 3.05) is 26.2 Å². The molecule has 2 aromatic rings. The van der Waals surface area contributed by atoms with Crippen LogP contribution >= 0.6 is 0 Å². The van der Waals surface area contributed by atoms with Gasteiger partial charge in [0.15, 0.2) is 0 Å². The normalized spacial score (nSPS) is 18.6. The molecule has 1 heterocycles. The van der Waals surface area contributed by atoms with Crippen LogP contribution in [0.2, 0.25) is 0 Å². The third-order valence-corrected chi connectivity index (χ3v) is 5.89. The smallest absolute Gasteiger partial charge is 0.0130 e. The summed E-state index contributed by atoms with van der Waals surface area (Å²) in [5, 5.41) is 0. The van der Waals surface area contributed by atoms with Crippen molar-refractivity contribution in [1.82, 2.24) is 4.90 Å². The minimum Gasteiger partial charge on any atom is -0.330 e. The van der Waals surface area contributed by atoms with Crippen molar-refractivity contribution in [3.63, 3.8) is 0 Å². The van der Waals surface area contributed by atoms with E-state index in [0.717, 1.165) is 25.4 Å². The standard InChI is InChI=1S/C23H28N2/c24-14-5-15-25-16-12-20(13-17-25)23-21-8-3-1-6-18(21)10-11-19-7-2-4-9-22(19)23/h1-4,6-11,20,23H,5,12-17,24H2. The lowest BCUT2D eigenvalue weighted by Gasteiger charge is -2.37. The molecule has 1 saturated heterocycles.